The zero-order valence-electron chi connectivity index (χ0n) is 15.8. The molecular formula is C22H27N3O2. The topological polar surface area (TPSA) is 61.4 Å². The number of carbonyl (C=O) groups excluding carboxylic acids is 2. The molecule has 0 bridgehead atoms. The lowest BCUT2D eigenvalue weighted by molar-refractivity contribution is 0.101. The normalized spacial score (nSPS) is 16.9. The van der Waals surface area contributed by atoms with E-state index >= 15 is 0 Å². The van der Waals surface area contributed by atoms with E-state index in [0.717, 1.165) is 26.1 Å². The maximum absolute atomic E-state index is 12.0. The van der Waals surface area contributed by atoms with Crippen LogP contribution < -0.4 is 10.6 Å². The number of urea groups is 1. The summed E-state index contributed by atoms with van der Waals surface area (Å²) < 4.78 is 0. The molecule has 0 radical (unpaired) electrons. The molecule has 0 aliphatic carbocycles. The number of rotatable bonds is 7. The van der Waals surface area contributed by atoms with Gasteiger partial charge in [0.15, 0.2) is 5.78 Å². The summed E-state index contributed by atoms with van der Waals surface area (Å²) in [5.74, 6) is 0.646. The lowest BCUT2D eigenvalue weighted by Gasteiger charge is -2.16. The molecule has 2 aromatic rings. The first-order chi connectivity index (χ1) is 13.1. The molecule has 27 heavy (non-hydrogen) atoms. The van der Waals surface area contributed by atoms with Gasteiger partial charge in [0.1, 0.15) is 0 Å². The third-order valence-electron chi connectivity index (χ3n) is 5.01. The number of anilines is 1. The summed E-state index contributed by atoms with van der Waals surface area (Å²) in [6, 6.07) is 17.3. The zero-order valence-corrected chi connectivity index (χ0v) is 15.8. The minimum atomic E-state index is -0.204. The third kappa shape index (κ3) is 5.93. The summed E-state index contributed by atoms with van der Waals surface area (Å²) in [4.78, 5) is 25.8. The maximum Gasteiger partial charge on any atom is 0.319 e. The van der Waals surface area contributed by atoms with Gasteiger partial charge in [0.25, 0.3) is 0 Å². The Morgan fingerprint density at radius 3 is 2.52 bits per heavy atom. The number of nitrogens with one attached hydrogen (secondary N) is 2. The lowest BCUT2D eigenvalue weighted by Crippen LogP contribution is -2.31. The van der Waals surface area contributed by atoms with Crippen LogP contribution in [-0.2, 0) is 6.54 Å². The van der Waals surface area contributed by atoms with Crippen LogP contribution in [-0.4, -0.2) is 36.3 Å². The molecule has 5 nitrogen and oxygen atoms in total. The maximum atomic E-state index is 12.0. The van der Waals surface area contributed by atoms with Gasteiger partial charge in [-0.15, -0.1) is 0 Å². The summed E-state index contributed by atoms with van der Waals surface area (Å²) in [6.45, 7) is 5.40. The quantitative estimate of drug-likeness (QED) is 0.731. The van der Waals surface area contributed by atoms with E-state index in [1.165, 1.54) is 18.9 Å². The monoisotopic (exact) mass is 365 g/mol. The van der Waals surface area contributed by atoms with Gasteiger partial charge in [-0.05, 0) is 62.1 Å². The average Bonchev–Trinajstić information content (AvgIpc) is 3.10. The summed E-state index contributed by atoms with van der Waals surface area (Å²) in [5, 5.41) is 5.73. The molecule has 3 rings (SSSR count). The van der Waals surface area contributed by atoms with Gasteiger partial charge in [-0.2, -0.15) is 0 Å². The molecule has 1 aliphatic rings. The Morgan fingerprint density at radius 1 is 1.07 bits per heavy atom. The molecule has 2 amide bonds. The first kappa shape index (κ1) is 19.1. The third-order valence-corrected chi connectivity index (χ3v) is 5.01. The fourth-order valence-electron chi connectivity index (χ4n) is 3.49. The number of Topliss-reactive ketones (excluding diaryl/α,β-unsaturated/α-hetero) is 1. The van der Waals surface area contributed by atoms with Crippen LogP contribution in [0.15, 0.2) is 54.6 Å². The van der Waals surface area contributed by atoms with E-state index in [1.807, 2.05) is 6.07 Å². The molecule has 2 aromatic carbocycles. The predicted octanol–water partition coefficient (Wildman–Crippen LogP) is 3.92. The van der Waals surface area contributed by atoms with Crippen LogP contribution >= 0.6 is 0 Å². The van der Waals surface area contributed by atoms with Gasteiger partial charge in [-0.1, -0.05) is 30.3 Å². The van der Waals surface area contributed by atoms with Crippen LogP contribution in [0.25, 0.3) is 0 Å². The van der Waals surface area contributed by atoms with Crippen molar-refractivity contribution in [2.45, 2.75) is 26.3 Å². The van der Waals surface area contributed by atoms with Crippen molar-refractivity contribution in [1.82, 2.24) is 10.2 Å². The molecule has 1 heterocycles. The van der Waals surface area contributed by atoms with Crippen molar-refractivity contribution in [2.24, 2.45) is 5.92 Å². The molecule has 142 valence electrons. The second kappa shape index (κ2) is 9.33. The molecular weight excluding hydrogens is 338 g/mol. The van der Waals surface area contributed by atoms with Crippen molar-refractivity contribution in [3.05, 3.63) is 65.7 Å². The highest BCUT2D eigenvalue weighted by Gasteiger charge is 2.22. The molecule has 1 fully saturated rings. The average molecular weight is 365 g/mol. The smallest absolute Gasteiger partial charge is 0.319 e. The summed E-state index contributed by atoms with van der Waals surface area (Å²) in [6.07, 6.45) is 2.17. The van der Waals surface area contributed by atoms with Crippen LogP contribution in [0, 0.1) is 5.92 Å². The minimum absolute atomic E-state index is 0.0175. The number of ketones is 1. The lowest BCUT2D eigenvalue weighted by atomic mass is 10.1. The fourth-order valence-corrected chi connectivity index (χ4v) is 3.49. The van der Waals surface area contributed by atoms with Crippen LogP contribution in [0.3, 0.4) is 0 Å². The molecule has 0 spiro atoms. The van der Waals surface area contributed by atoms with Gasteiger partial charge < -0.3 is 10.6 Å². The summed E-state index contributed by atoms with van der Waals surface area (Å²) in [5.41, 5.74) is 2.68. The molecule has 1 atom stereocenters. The van der Waals surface area contributed by atoms with Crippen LogP contribution in [0.1, 0.15) is 35.7 Å². The van der Waals surface area contributed by atoms with Crippen molar-refractivity contribution in [1.29, 1.82) is 0 Å². The number of carbonyl (C=O) groups is 2. The first-order valence-corrected chi connectivity index (χ1v) is 9.52. The van der Waals surface area contributed by atoms with E-state index < -0.39 is 0 Å². The number of hydrogen-bond acceptors (Lipinski definition) is 3. The Hall–Kier alpha value is -2.66. The Kier molecular flexibility index (Phi) is 6.60. The van der Waals surface area contributed by atoms with Gasteiger partial charge in [0, 0.05) is 30.9 Å². The summed E-state index contributed by atoms with van der Waals surface area (Å²) >= 11 is 0. The van der Waals surface area contributed by atoms with E-state index in [4.69, 9.17) is 0 Å². The van der Waals surface area contributed by atoms with Gasteiger partial charge in [0.2, 0.25) is 0 Å². The second-order valence-electron chi connectivity index (χ2n) is 7.18. The molecule has 0 saturated carbocycles. The van der Waals surface area contributed by atoms with Crippen LogP contribution in [0.4, 0.5) is 10.5 Å². The standard InChI is InChI=1S/C22H27N3O2/c1-17(26)20-7-9-21(10-8-20)24-22(27)23-13-11-19-12-14-25(16-19)15-18-5-3-2-4-6-18/h2-10,19H,11-16H2,1H3,(H2,23,24,27)/t19-/m1/s1. The SMILES string of the molecule is CC(=O)c1ccc(NC(=O)NCC[C@@H]2CCN(Cc3ccccc3)C2)cc1. The first-order valence-electron chi connectivity index (χ1n) is 9.52. The van der Waals surface area contributed by atoms with E-state index in [1.54, 1.807) is 24.3 Å². The highest BCUT2D eigenvalue weighted by molar-refractivity contribution is 5.95. The van der Waals surface area contributed by atoms with E-state index in [9.17, 15) is 9.59 Å². The highest BCUT2D eigenvalue weighted by Crippen LogP contribution is 2.21. The number of hydrogen-bond donors (Lipinski definition) is 2. The molecule has 0 aromatic heterocycles. The zero-order chi connectivity index (χ0) is 19.1. The minimum Gasteiger partial charge on any atom is -0.338 e. The van der Waals surface area contributed by atoms with Gasteiger partial charge >= 0.3 is 6.03 Å². The number of amides is 2. The number of nitrogens with zero attached hydrogens (tertiary/aromatic N) is 1. The number of likely N-dealkylation sites (tertiary alicyclic amines) is 1. The molecule has 1 aliphatic heterocycles. The molecule has 2 N–H and O–H groups in total. The number of benzene rings is 2. The van der Waals surface area contributed by atoms with E-state index in [2.05, 4.69) is 39.8 Å². The molecule has 5 heteroatoms. The second-order valence-corrected chi connectivity index (χ2v) is 7.18. The van der Waals surface area contributed by atoms with E-state index in [-0.39, 0.29) is 11.8 Å². The van der Waals surface area contributed by atoms with Crippen molar-refractivity contribution >= 4 is 17.5 Å². The largest absolute Gasteiger partial charge is 0.338 e. The van der Waals surface area contributed by atoms with Crippen molar-refractivity contribution in [3.8, 4) is 0 Å². The van der Waals surface area contributed by atoms with Gasteiger partial charge in [-0.3, -0.25) is 9.69 Å². The van der Waals surface area contributed by atoms with Crippen molar-refractivity contribution < 1.29 is 9.59 Å². The Morgan fingerprint density at radius 2 is 1.81 bits per heavy atom. The highest BCUT2D eigenvalue weighted by atomic mass is 16.2. The van der Waals surface area contributed by atoms with Gasteiger partial charge in [0.05, 0.1) is 0 Å². The summed E-state index contributed by atoms with van der Waals surface area (Å²) in [7, 11) is 0. The van der Waals surface area contributed by atoms with E-state index in [0.29, 0.717) is 23.7 Å². The molecule has 0 unspecified atom stereocenters. The Bertz CT molecular complexity index is 759. The van der Waals surface area contributed by atoms with Crippen molar-refractivity contribution in [2.75, 3.05) is 25.0 Å². The fraction of sp³-hybridized carbons (Fsp3) is 0.364. The van der Waals surface area contributed by atoms with Gasteiger partial charge in [-0.25, -0.2) is 4.79 Å². The molecule has 1 saturated heterocycles. The Labute approximate surface area is 160 Å². The van der Waals surface area contributed by atoms with Crippen LogP contribution in [0.5, 0.6) is 0 Å². The predicted molar refractivity (Wildman–Crippen MR) is 108 cm³/mol. The van der Waals surface area contributed by atoms with Crippen LogP contribution in [0.2, 0.25) is 0 Å². The Balaban J connectivity index is 1.35. The van der Waals surface area contributed by atoms with Crippen molar-refractivity contribution in [3.63, 3.8) is 0 Å².